The molecule has 7 heteroatoms. The highest BCUT2D eigenvalue weighted by molar-refractivity contribution is 7.80. The van der Waals surface area contributed by atoms with Crippen molar-refractivity contribution in [3.05, 3.63) is 52.5 Å². The second-order valence-electron chi connectivity index (χ2n) is 5.52. The Kier molecular flexibility index (Phi) is 6.14. The molecule has 1 aromatic heterocycles. The van der Waals surface area contributed by atoms with Crippen molar-refractivity contribution in [3.8, 4) is 0 Å². The van der Waals surface area contributed by atoms with Crippen LogP contribution in [0.3, 0.4) is 0 Å². The summed E-state index contributed by atoms with van der Waals surface area (Å²) in [6.07, 6.45) is 0. The maximum Gasteiger partial charge on any atom is 0.170 e. The first kappa shape index (κ1) is 17.3. The minimum Gasteiger partial charge on any atom is -0.379 e. The van der Waals surface area contributed by atoms with E-state index in [1.807, 2.05) is 0 Å². The van der Waals surface area contributed by atoms with Crippen LogP contribution in [0.4, 0.5) is 10.1 Å². The van der Waals surface area contributed by atoms with Crippen LogP contribution in [0.1, 0.15) is 10.9 Å². The summed E-state index contributed by atoms with van der Waals surface area (Å²) in [7, 11) is 0. The molecule has 0 amide bonds. The van der Waals surface area contributed by atoms with Gasteiger partial charge in [0.1, 0.15) is 5.82 Å². The third-order valence-corrected chi connectivity index (χ3v) is 5.14. The van der Waals surface area contributed by atoms with Gasteiger partial charge in [-0.25, -0.2) is 4.39 Å². The van der Waals surface area contributed by atoms with Crippen LogP contribution < -0.4 is 10.6 Å². The van der Waals surface area contributed by atoms with Crippen LogP contribution in [0.25, 0.3) is 0 Å². The molecule has 1 atom stereocenters. The van der Waals surface area contributed by atoms with Gasteiger partial charge in [0.2, 0.25) is 0 Å². The molecule has 1 fully saturated rings. The number of morpholine rings is 1. The molecular formula is C17H20FN3OS2. The normalized spacial score (nSPS) is 16.5. The summed E-state index contributed by atoms with van der Waals surface area (Å²) in [5.74, 6) is -0.260. The number of rotatable bonds is 5. The zero-order valence-electron chi connectivity index (χ0n) is 13.2. The smallest absolute Gasteiger partial charge is 0.170 e. The standard InChI is InChI=1S/C17H20FN3OS2/c18-13-3-5-14(6-4-13)20-17(23)19-12-15(16-2-1-11-24-16)21-7-9-22-10-8-21/h1-6,11,15H,7-10,12H2,(H2,19,20,23)/t15-/m1/s1. The zero-order chi connectivity index (χ0) is 16.8. The number of hydrogen-bond acceptors (Lipinski definition) is 4. The summed E-state index contributed by atoms with van der Waals surface area (Å²) < 4.78 is 18.4. The molecule has 1 aromatic carbocycles. The third kappa shape index (κ3) is 4.73. The predicted octanol–water partition coefficient (Wildman–Crippen LogP) is 3.25. The topological polar surface area (TPSA) is 36.5 Å². The second-order valence-corrected chi connectivity index (χ2v) is 6.91. The lowest BCUT2D eigenvalue weighted by Gasteiger charge is -2.34. The molecule has 1 aliphatic rings. The van der Waals surface area contributed by atoms with Gasteiger partial charge in [-0.05, 0) is 47.9 Å². The number of thiophene rings is 1. The van der Waals surface area contributed by atoms with Crippen LogP contribution in [0.5, 0.6) is 0 Å². The van der Waals surface area contributed by atoms with Gasteiger partial charge in [-0.15, -0.1) is 11.3 Å². The molecule has 0 saturated carbocycles. The Morgan fingerprint density at radius 3 is 2.67 bits per heavy atom. The Morgan fingerprint density at radius 1 is 1.25 bits per heavy atom. The van der Waals surface area contributed by atoms with Crippen molar-refractivity contribution in [2.24, 2.45) is 0 Å². The molecule has 2 aromatic rings. The van der Waals surface area contributed by atoms with Crippen LogP contribution in [-0.4, -0.2) is 42.9 Å². The van der Waals surface area contributed by atoms with Crippen molar-refractivity contribution >= 4 is 34.4 Å². The van der Waals surface area contributed by atoms with Crippen molar-refractivity contribution < 1.29 is 9.13 Å². The fourth-order valence-corrected chi connectivity index (χ4v) is 3.74. The van der Waals surface area contributed by atoms with Gasteiger partial charge in [0.25, 0.3) is 0 Å². The van der Waals surface area contributed by atoms with Crippen LogP contribution in [0.15, 0.2) is 41.8 Å². The molecule has 0 bridgehead atoms. The fourth-order valence-electron chi connectivity index (χ4n) is 2.68. The zero-order valence-corrected chi connectivity index (χ0v) is 14.8. The van der Waals surface area contributed by atoms with E-state index in [1.165, 1.54) is 17.0 Å². The van der Waals surface area contributed by atoms with E-state index in [0.29, 0.717) is 11.7 Å². The van der Waals surface area contributed by atoms with Crippen molar-refractivity contribution in [2.45, 2.75) is 6.04 Å². The van der Waals surface area contributed by atoms with Gasteiger partial charge in [-0.3, -0.25) is 4.90 Å². The average molecular weight is 365 g/mol. The molecule has 0 unspecified atom stereocenters. The Labute approximate surface area is 150 Å². The monoisotopic (exact) mass is 365 g/mol. The molecule has 4 nitrogen and oxygen atoms in total. The van der Waals surface area contributed by atoms with Crippen molar-refractivity contribution in [3.63, 3.8) is 0 Å². The van der Waals surface area contributed by atoms with Gasteiger partial charge in [0, 0.05) is 30.2 Å². The first-order chi connectivity index (χ1) is 11.7. The van der Waals surface area contributed by atoms with Crippen molar-refractivity contribution in [1.29, 1.82) is 0 Å². The molecule has 1 aliphatic heterocycles. The number of halogens is 1. The molecule has 0 radical (unpaired) electrons. The maximum absolute atomic E-state index is 13.0. The summed E-state index contributed by atoms with van der Waals surface area (Å²) in [4.78, 5) is 3.73. The molecule has 128 valence electrons. The van der Waals surface area contributed by atoms with Crippen LogP contribution in [0.2, 0.25) is 0 Å². The largest absolute Gasteiger partial charge is 0.379 e. The van der Waals surface area contributed by atoms with Gasteiger partial charge in [0.15, 0.2) is 5.11 Å². The predicted molar refractivity (Wildman–Crippen MR) is 100 cm³/mol. The lowest BCUT2D eigenvalue weighted by molar-refractivity contribution is 0.0177. The Morgan fingerprint density at radius 2 is 2.00 bits per heavy atom. The molecule has 0 aliphatic carbocycles. The van der Waals surface area contributed by atoms with Crippen LogP contribution in [0, 0.1) is 5.82 Å². The SMILES string of the molecule is Fc1ccc(NC(=S)NC[C@H](c2cccs2)N2CCOCC2)cc1. The number of hydrogen-bond donors (Lipinski definition) is 2. The Balaban J connectivity index is 1.58. The van der Waals surface area contributed by atoms with Gasteiger partial charge in [-0.2, -0.15) is 0 Å². The fraction of sp³-hybridized carbons (Fsp3) is 0.353. The van der Waals surface area contributed by atoms with Crippen molar-refractivity contribution in [2.75, 3.05) is 38.2 Å². The van der Waals surface area contributed by atoms with Crippen molar-refractivity contribution in [1.82, 2.24) is 10.2 Å². The molecule has 24 heavy (non-hydrogen) atoms. The molecule has 3 rings (SSSR count). The van der Waals surface area contributed by atoms with E-state index < -0.39 is 0 Å². The first-order valence-corrected chi connectivity index (χ1v) is 9.17. The summed E-state index contributed by atoms with van der Waals surface area (Å²) in [5.41, 5.74) is 0.771. The Bertz CT molecular complexity index is 642. The minimum atomic E-state index is -0.260. The van der Waals surface area contributed by atoms with Gasteiger partial charge < -0.3 is 15.4 Å². The highest BCUT2D eigenvalue weighted by Crippen LogP contribution is 2.25. The summed E-state index contributed by atoms with van der Waals surface area (Å²) >= 11 is 7.12. The Hall–Kier alpha value is -1.54. The van der Waals surface area contributed by atoms with Crippen LogP contribution >= 0.6 is 23.6 Å². The molecule has 2 N–H and O–H groups in total. The number of anilines is 1. The third-order valence-electron chi connectivity index (χ3n) is 3.92. The number of nitrogens with zero attached hydrogens (tertiary/aromatic N) is 1. The van der Waals surface area contributed by atoms with E-state index in [4.69, 9.17) is 17.0 Å². The lowest BCUT2D eigenvalue weighted by Crippen LogP contribution is -2.44. The number of benzene rings is 1. The van der Waals surface area contributed by atoms with E-state index in [1.54, 1.807) is 23.5 Å². The highest BCUT2D eigenvalue weighted by atomic mass is 32.1. The minimum absolute atomic E-state index is 0.260. The second kappa shape index (κ2) is 8.53. The van der Waals surface area contributed by atoms with E-state index in [-0.39, 0.29) is 11.9 Å². The molecule has 2 heterocycles. The summed E-state index contributed by atoms with van der Waals surface area (Å²) in [6, 6.07) is 10.7. The molecular weight excluding hydrogens is 345 g/mol. The average Bonchev–Trinajstić information content (AvgIpc) is 3.12. The van der Waals surface area contributed by atoms with E-state index in [0.717, 1.165) is 32.0 Å². The maximum atomic E-state index is 13.0. The number of thiocarbonyl (C=S) groups is 1. The van der Waals surface area contributed by atoms with E-state index in [9.17, 15) is 4.39 Å². The van der Waals surface area contributed by atoms with E-state index in [2.05, 4.69) is 33.0 Å². The molecule has 0 spiro atoms. The summed E-state index contributed by atoms with van der Waals surface area (Å²) in [6.45, 7) is 4.08. The van der Waals surface area contributed by atoms with Gasteiger partial charge in [-0.1, -0.05) is 6.07 Å². The number of ether oxygens (including phenoxy) is 1. The van der Waals surface area contributed by atoms with Gasteiger partial charge in [0.05, 0.1) is 19.3 Å². The highest BCUT2D eigenvalue weighted by Gasteiger charge is 2.23. The summed E-state index contributed by atoms with van der Waals surface area (Å²) in [5, 5.41) is 9.00. The van der Waals surface area contributed by atoms with Gasteiger partial charge >= 0.3 is 0 Å². The van der Waals surface area contributed by atoms with E-state index >= 15 is 0 Å². The quantitative estimate of drug-likeness (QED) is 0.796. The lowest BCUT2D eigenvalue weighted by atomic mass is 10.2. The molecule has 1 saturated heterocycles. The first-order valence-electron chi connectivity index (χ1n) is 7.88. The van der Waals surface area contributed by atoms with Crippen LogP contribution in [-0.2, 0) is 4.74 Å². The number of nitrogens with one attached hydrogen (secondary N) is 2.